The molecule has 0 aliphatic rings. The van der Waals surface area contributed by atoms with Crippen molar-refractivity contribution in [3.8, 4) is 5.75 Å². The summed E-state index contributed by atoms with van der Waals surface area (Å²) < 4.78 is 7.57. The number of carbonyl (C=O) groups is 1. The average molecular weight is 531 g/mol. The number of allylic oxidation sites excluding steroid dienone is 2. The van der Waals surface area contributed by atoms with Crippen LogP contribution in [-0.2, 0) is 13.2 Å². The molecule has 3 heterocycles. The number of carboxylic acid groups (broad SMARTS) is 1. The average Bonchev–Trinajstić information content (AvgIpc) is 2.87. The minimum absolute atomic E-state index is 0.0851. The second kappa shape index (κ2) is 11.3. The normalized spacial score (nSPS) is 11.4. The van der Waals surface area contributed by atoms with Gasteiger partial charge in [-0.15, -0.1) is 0 Å². The fraction of sp³-hybridized carbons (Fsp3) is 0.172. The van der Waals surface area contributed by atoms with Crippen molar-refractivity contribution in [1.82, 2.24) is 19.4 Å². The second-order valence-electron chi connectivity index (χ2n) is 8.85. The van der Waals surface area contributed by atoms with E-state index in [0.717, 1.165) is 22.3 Å². The van der Waals surface area contributed by atoms with Gasteiger partial charge in [0.2, 0.25) is 0 Å². The molecule has 4 aromatic rings. The van der Waals surface area contributed by atoms with Crippen LogP contribution in [0.3, 0.4) is 0 Å². The van der Waals surface area contributed by atoms with E-state index in [2.05, 4.69) is 11.6 Å². The zero-order chi connectivity index (χ0) is 27.4. The smallest absolute Gasteiger partial charge is 0.341 e. The first-order valence-corrected chi connectivity index (χ1v) is 12.2. The summed E-state index contributed by atoms with van der Waals surface area (Å²) >= 11 is 6.50. The number of para-hydroxylation sites is 1. The SMILES string of the molecule is C=C/C=C(/c1cc(C)nc2c(OCc3c(Cl)cncc3Cn3cccc(C(=O)O)c3=O)cccc12)N(C)C. The Hall–Kier alpha value is -4.43. The number of pyridine rings is 3. The van der Waals surface area contributed by atoms with Crippen molar-refractivity contribution >= 4 is 34.2 Å². The molecule has 0 aliphatic carbocycles. The molecule has 8 nitrogen and oxygen atoms in total. The Balaban J connectivity index is 1.72. The van der Waals surface area contributed by atoms with Crippen molar-refractivity contribution in [3.05, 3.63) is 117 Å². The molecule has 194 valence electrons. The Morgan fingerprint density at radius 3 is 2.71 bits per heavy atom. The summed E-state index contributed by atoms with van der Waals surface area (Å²) in [4.78, 5) is 35.0. The number of ether oxygens (including phenoxy) is 1. The highest BCUT2D eigenvalue weighted by Gasteiger charge is 2.16. The molecular formula is C29H27ClN4O4. The van der Waals surface area contributed by atoms with E-state index in [1.54, 1.807) is 12.3 Å². The van der Waals surface area contributed by atoms with Gasteiger partial charge in [-0.25, -0.2) is 9.78 Å². The Morgan fingerprint density at radius 1 is 1.21 bits per heavy atom. The molecule has 1 N–H and O–H groups in total. The number of hydrogen-bond acceptors (Lipinski definition) is 6. The lowest BCUT2D eigenvalue weighted by molar-refractivity contribution is 0.0694. The molecule has 3 aromatic heterocycles. The van der Waals surface area contributed by atoms with Crippen LogP contribution < -0.4 is 10.3 Å². The number of nitrogens with zero attached hydrogens (tertiary/aromatic N) is 4. The van der Waals surface area contributed by atoms with Crippen LogP contribution in [0.15, 0.2) is 78.5 Å². The van der Waals surface area contributed by atoms with Crippen LogP contribution in [0.2, 0.25) is 5.02 Å². The minimum atomic E-state index is -1.28. The second-order valence-corrected chi connectivity index (χ2v) is 9.26. The van der Waals surface area contributed by atoms with E-state index in [1.807, 2.05) is 56.3 Å². The Labute approximate surface area is 225 Å². The molecular weight excluding hydrogens is 504 g/mol. The van der Waals surface area contributed by atoms with Gasteiger partial charge in [0, 0.05) is 60.6 Å². The fourth-order valence-electron chi connectivity index (χ4n) is 4.23. The third-order valence-corrected chi connectivity index (χ3v) is 6.35. The van der Waals surface area contributed by atoms with Gasteiger partial charge in [-0.1, -0.05) is 36.4 Å². The van der Waals surface area contributed by atoms with E-state index in [-0.39, 0.29) is 18.7 Å². The highest BCUT2D eigenvalue weighted by atomic mass is 35.5. The molecule has 0 amide bonds. The van der Waals surface area contributed by atoms with Crippen LogP contribution in [0.1, 0.15) is 32.7 Å². The number of hydrogen-bond donors (Lipinski definition) is 1. The zero-order valence-corrected chi connectivity index (χ0v) is 22.1. The first kappa shape index (κ1) is 26.6. The van der Waals surface area contributed by atoms with Gasteiger partial charge in [0.25, 0.3) is 5.56 Å². The Kier molecular flexibility index (Phi) is 7.93. The lowest BCUT2D eigenvalue weighted by Crippen LogP contribution is -2.26. The summed E-state index contributed by atoms with van der Waals surface area (Å²) in [6.45, 7) is 5.96. The van der Waals surface area contributed by atoms with E-state index in [1.165, 1.54) is 29.1 Å². The van der Waals surface area contributed by atoms with E-state index in [0.29, 0.717) is 27.4 Å². The van der Waals surface area contributed by atoms with Crippen molar-refractivity contribution in [2.75, 3.05) is 14.1 Å². The van der Waals surface area contributed by atoms with Crippen molar-refractivity contribution < 1.29 is 14.6 Å². The van der Waals surface area contributed by atoms with Gasteiger partial charge in [-0.3, -0.25) is 9.78 Å². The van der Waals surface area contributed by atoms with Gasteiger partial charge in [0.1, 0.15) is 23.4 Å². The maximum atomic E-state index is 12.6. The van der Waals surface area contributed by atoms with Gasteiger partial charge in [-0.2, -0.15) is 0 Å². The molecule has 0 radical (unpaired) electrons. The molecule has 38 heavy (non-hydrogen) atoms. The van der Waals surface area contributed by atoms with Crippen LogP contribution in [0.5, 0.6) is 5.75 Å². The van der Waals surface area contributed by atoms with Gasteiger partial charge in [0.15, 0.2) is 0 Å². The molecule has 0 fully saturated rings. The molecule has 0 atom stereocenters. The largest absolute Gasteiger partial charge is 0.487 e. The third kappa shape index (κ3) is 5.45. The van der Waals surface area contributed by atoms with Crippen molar-refractivity contribution in [3.63, 3.8) is 0 Å². The molecule has 0 aliphatic heterocycles. The maximum absolute atomic E-state index is 12.6. The Bertz CT molecular complexity index is 1630. The number of halogens is 1. The lowest BCUT2D eigenvalue weighted by Gasteiger charge is -2.20. The molecule has 0 saturated carbocycles. The number of aromatic nitrogens is 3. The predicted molar refractivity (Wildman–Crippen MR) is 149 cm³/mol. The molecule has 4 rings (SSSR count). The number of benzene rings is 1. The first-order chi connectivity index (χ1) is 18.2. The number of fused-ring (bicyclic) bond motifs is 1. The number of rotatable bonds is 9. The summed E-state index contributed by atoms with van der Waals surface area (Å²) in [7, 11) is 3.95. The van der Waals surface area contributed by atoms with Crippen LogP contribution in [0.25, 0.3) is 16.6 Å². The van der Waals surface area contributed by atoms with Crippen molar-refractivity contribution in [1.29, 1.82) is 0 Å². The van der Waals surface area contributed by atoms with Crippen LogP contribution in [0.4, 0.5) is 0 Å². The van der Waals surface area contributed by atoms with E-state index >= 15 is 0 Å². The Morgan fingerprint density at radius 2 is 2.00 bits per heavy atom. The monoisotopic (exact) mass is 530 g/mol. The number of aromatic carboxylic acids is 1. The maximum Gasteiger partial charge on any atom is 0.341 e. The van der Waals surface area contributed by atoms with Gasteiger partial charge < -0.3 is 19.3 Å². The minimum Gasteiger partial charge on any atom is -0.487 e. The zero-order valence-electron chi connectivity index (χ0n) is 21.3. The molecule has 9 heteroatoms. The molecule has 0 bridgehead atoms. The fourth-order valence-corrected chi connectivity index (χ4v) is 4.46. The van der Waals surface area contributed by atoms with Gasteiger partial charge in [-0.05, 0) is 42.8 Å². The molecule has 0 spiro atoms. The highest BCUT2D eigenvalue weighted by Crippen LogP contribution is 2.32. The summed E-state index contributed by atoms with van der Waals surface area (Å²) in [5.74, 6) is -0.705. The third-order valence-electron chi connectivity index (χ3n) is 6.02. The van der Waals surface area contributed by atoms with Gasteiger partial charge >= 0.3 is 5.97 Å². The molecule has 0 saturated heterocycles. The summed E-state index contributed by atoms with van der Waals surface area (Å²) in [6, 6.07) is 10.6. The van der Waals surface area contributed by atoms with Crippen molar-refractivity contribution in [2.24, 2.45) is 0 Å². The van der Waals surface area contributed by atoms with Crippen LogP contribution in [-0.4, -0.2) is 44.6 Å². The predicted octanol–water partition coefficient (Wildman–Crippen LogP) is 5.17. The van der Waals surface area contributed by atoms with Crippen LogP contribution >= 0.6 is 11.6 Å². The topological polar surface area (TPSA) is 97.5 Å². The quantitative estimate of drug-likeness (QED) is 0.298. The van der Waals surface area contributed by atoms with Gasteiger partial charge in [0.05, 0.1) is 11.6 Å². The van der Waals surface area contributed by atoms with E-state index < -0.39 is 11.5 Å². The number of carboxylic acids is 1. The standard InChI is InChI=1S/C29H27ClN4O4/c1-5-8-25(33(3)4)22-13-18(2)32-27-20(22)9-6-11-26(27)38-17-23-19(14-31-15-24(23)30)16-34-12-7-10-21(28(34)35)29(36)37/h5-15H,1,16-17H2,2-4H3,(H,36,37)/b25-8-. The van der Waals surface area contributed by atoms with E-state index in [4.69, 9.17) is 21.3 Å². The molecule has 1 aromatic carbocycles. The van der Waals surface area contributed by atoms with Crippen LogP contribution in [0, 0.1) is 6.92 Å². The summed E-state index contributed by atoms with van der Waals surface area (Å²) in [5, 5.41) is 10.6. The van der Waals surface area contributed by atoms with E-state index in [9.17, 15) is 14.7 Å². The highest BCUT2D eigenvalue weighted by molar-refractivity contribution is 6.31. The number of aryl methyl sites for hydroxylation is 1. The van der Waals surface area contributed by atoms with Crippen molar-refractivity contribution in [2.45, 2.75) is 20.1 Å². The molecule has 0 unspecified atom stereocenters. The summed E-state index contributed by atoms with van der Waals surface area (Å²) in [6.07, 6.45) is 8.33. The lowest BCUT2D eigenvalue weighted by atomic mass is 10.0. The first-order valence-electron chi connectivity index (χ1n) is 11.8. The summed E-state index contributed by atoms with van der Waals surface area (Å²) in [5.41, 5.74) is 3.88.